The number of hydrogen-bond donors (Lipinski definition) is 2. The maximum Gasteiger partial charge on any atom is 0.293 e. The van der Waals surface area contributed by atoms with Crippen molar-refractivity contribution in [3.63, 3.8) is 0 Å². The molecule has 8 heteroatoms. The largest absolute Gasteiger partial charge is 0.378 e. The summed E-state index contributed by atoms with van der Waals surface area (Å²) < 4.78 is 5.17. The summed E-state index contributed by atoms with van der Waals surface area (Å²) in [5.74, 6) is 5.05. The summed E-state index contributed by atoms with van der Waals surface area (Å²) in [6.45, 7) is 2.03. The molecule has 1 heterocycles. The minimum atomic E-state index is -0.557. The third-order valence-electron chi connectivity index (χ3n) is 2.89. The molecule has 2 rings (SSSR count). The number of nitro benzene ring substituents is 1. The summed E-state index contributed by atoms with van der Waals surface area (Å²) >= 11 is 0. The van der Waals surface area contributed by atoms with Gasteiger partial charge in [-0.15, -0.1) is 0 Å². The van der Waals surface area contributed by atoms with E-state index in [1.54, 1.807) is 4.90 Å². The van der Waals surface area contributed by atoms with E-state index in [4.69, 9.17) is 10.6 Å². The van der Waals surface area contributed by atoms with E-state index in [9.17, 15) is 14.9 Å². The molecule has 1 aromatic carbocycles. The van der Waals surface area contributed by atoms with Crippen LogP contribution in [0.25, 0.3) is 0 Å². The van der Waals surface area contributed by atoms with Gasteiger partial charge in [0.05, 0.1) is 18.1 Å². The number of nitrogens with one attached hydrogen (secondary N) is 1. The smallest absolute Gasteiger partial charge is 0.293 e. The Hall–Kier alpha value is -2.19. The van der Waals surface area contributed by atoms with Crippen molar-refractivity contribution in [2.24, 2.45) is 5.84 Å². The highest BCUT2D eigenvalue weighted by Crippen LogP contribution is 2.25. The number of carbonyl (C=O) groups is 1. The van der Waals surface area contributed by atoms with Gasteiger partial charge in [0.2, 0.25) is 0 Å². The molecular formula is C11H14N4O4. The summed E-state index contributed by atoms with van der Waals surface area (Å²) in [6.07, 6.45) is 0. The van der Waals surface area contributed by atoms with Crippen LogP contribution in [0.4, 0.5) is 11.4 Å². The molecule has 0 aromatic heterocycles. The van der Waals surface area contributed by atoms with E-state index in [1.807, 2.05) is 0 Å². The van der Waals surface area contributed by atoms with Crippen LogP contribution in [0, 0.1) is 10.1 Å². The second-order valence-electron chi connectivity index (χ2n) is 4.04. The first-order valence-corrected chi connectivity index (χ1v) is 5.75. The summed E-state index contributed by atoms with van der Waals surface area (Å²) in [5, 5.41) is 10.8. The fourth-order valence-electron chi connectivity index (χ4n) is 1.89. The predicted octanol–water partition coefficient (Wildman–Crippen LogP) is 0.353. The molecule has 102 valence electrons. The van der Waals surface area contributed by atoms with E-state index in [0.29, 0.717) is 31.9 Å². The number of hydrogen-bond acceptors (Lipinski definition) is 6. The molecule has 1 fully saturated rings. The molecule has 0 unspecified atom stereocenters. The van der Waals surface area contributed by atoms with Gasteiger partial charge >= 0.3 is 0 Å². The molecule has 0 spiro atoms. The highest BCUT2D eigenvalue weighted by atomic mass is 16.6. The van der Waals surface area contributed by atoms with Crippen LogP contribution in [0.2, 0.25) is 0 Å². The number of morpholine rings is 1. The van der Waals surface area contributed by atoms with Crippen molar-refractivity contribution in [2.45, 2.75) is 0 Å². The molecule has 0 radical (unpaired) electrons. The van der Waals surface area contributed by atoms with Crippen LogP contribution < -0.4 is 11.3 Å². The number of nitrogen functional groups attached to an aromatic ring is 1. The summed E-state index contributed by atoms with van der Waals surface area (Å²) in [6, 6.07) is 4.08. The average Bonchev–Trinajstić information content (AvgIpc) is 2.46. The lowest BCUT2D eigenvalue weighted by Gasteiger charge is -2.26. The van der Waals surface area contributed by atoms with E-state index >= 15 is 0 Å². The molecule has 0 aliphatic carbocycles. The van der Waals surface area contributed by atoms with Crippen molar-refractivity contribution in [1.82, 2.24) is 4.90 Å². The fourth-order valence-corrected chi connectivity index (χ4v) is 1.89. The van der Waals surface area contributed by atoms with Crippen LogP contribution in [0.1, 0.15) is 10.4 Å². The highest BCUT2D eigenvalue weighted by molar-refractivity contribution is 5.96. The second-order valence-corrected chi connectivity index (χ2v) is 4.04. The number of nitrogens with two attached hydrogens (primary N) is 1. The highest BCUT2D eigenvalue weighted by Gasteiger charge is 2.21. The summed E-state index contributed by atoms with van der Waals surface area (Å²) in [4.78, 5) is 24.0. The average molecular weight is 266 g/mol. The number of ether oxygens (including phenoxy) is 1. The van der Waals surface area contributed by atoms with Crippen LogP contribution in [0.3, 0.4) is 0 Å². The molecule has 0 atom stereocenters. The Morgan fingerprint density at radius 1 is 1.42 bits per heavy atom. The zero-order valence-corrected chi connectivity index (χ0v) is 10.2. The van der Waals surface area contributed by atoms with Crippen LogP contribution in [0.15, 0.2) is 18.2 Å². The lowest BCUT2D eigenvalue weighted by molar-refractivity contribution is -0.384. The second kappa shape index (κ2) is 5.63. The number of carbonyl (C=O) groups excluding carboxylic acids is 1. The van der Waals surface area contributed by atoms with E-state index in [1.165, 1.54) is 18.2 Å². The van der Waals surface area contributed by atoms with Gasteiger partial charge in [0, 0.05) is 24.7 Å². The topological polar surface area (TPSA) is 111 Å². The van der Waals surface area contributed by atoms with Gasteiger partial charge in [-0.2, -0.15) is 0 Å². The third-order valence-corrected chi connectivity index (χ3v) is 2.89. The molecule has 1 amide bonds. The number of hydrazine groups is 1. The standard InChI is InChI=1S/C11H14N4O4/c12-13-9-7-8(1-2-10(9)15(17)18)11(16)14-3-5-19-6-4-14/h1-2,7,13H,3-6,12H2. The van der Waals surface area contributed by atoms with E-state index < -0.39 is 4.92 Å². The summed E-state index contributed by atoms with van der Waals surface area (Å²) in [7, 11) is 0. The van der Waals surface area contributed by atoms with Crippen LogP contribution in [0.5, 0.6) is 0 Å². The van der Waals surface area contributed by atoms with E-state index in [0.717, 1.165) is 0 Å². The Kier molecular flexibility index (Phi) is 3.93. The Bertz CT molecular complexity index is 499. The molecule has 1 saturated heterocycles. The zero-order chi connectivity index (χ0) is 13.8. The molecular weight excluding hydrogens is 252 g/mol. The van der Waals surface area contributed by atoms with Crippen molar-refractivity contribution in [3.8, 4) is 0 Å². The third kappa shape index (κ3) is 2.80. The lowest BCUT2D eigenvalue weighted by Crippen LogP contribution is -2.40. The number of nitrogens with zero attached hydrogens (tertiary/aromatic N) is 2. The Balaban J connectivity index is 2.24. The van der Waals surface area contributed by atoms with Gasteiger partial charge in [-0.3, -0.25) is 20.8 Å². The van der Waals surface area contributed by atoms with Crippen molar-refractivity contribution >= 4 is 17.3 Å². The monoisotopic (exact) mass is 266 g/mol. The van der Waals surface area contributed by atoms with Gasteiger partial charge < -0.3 is 15.1 Å². The quantitative estimate of drug-likeness (QED) is 0.464. The Labute approximate surface area is 109 Å². The first-order chi connectivity index (χ1) is 9.13. The molecule has 19 heavy (non-hydrogen) atoms. The molecule has 0 saturated carbocycles. The maximum atomic E-state index is 12.2. The van der Waals surface area contributed by atoms with Crippen molar-refractivity contribution < 1.29 is 14.5 Å². The minimum absolute atomic E-state index is 0.115. The van der Waals surface area contributed by atoms with Crippen molar-refractivity contribution in [1.29, 1.82) is 0 Å². The maximum absolute atomic E-state index is 12.2. The Morgan fingerprint density at radius 3 is 2.68 bits per heavy atom. The van der Waals surface area contributed by atoms with Gasteiger partial charge in [-0.1, -0.05) is 0 Å². The fraction of sp³-hybridized carbons (Fsp3) is 0.364. The van der Waals surface area contributed by atoms with E-state index in [2.05, 4.69) is 5.43 Å². The van der Waals surface area contributed by atoms with Gasteiger partial charge in [0.1, 0.15) is 5.69 Å². The molecule has 0 bridgehead atoms. The number of amides is 1. The normalized spacial score (nSPS) is 15.1. The van der Waals surface area contributed by atoms with Gasteiger partial charge in [-0.05, 0) is 12.1 Å². The number of nitro groups is 1. The van der Waals surface area contributed by atoms with Crippen molar-refractivity contribution in [2.75, 3.05) is 31.7 Å². The Morgan fingerprint density at radius 2 is 2.11 bits per heavy atom. The number of benzene rings is 1. The SMILES string of the molecule is NNc1cc(C(=O)N2CCOCC2)ccc1[N+](=O)[O-]. The van der Waals surface area contributed by atoms with Crippen LogP contribution in [-0.2, 0) is 4.74 Å². The molecule has 1 aliphatic heterocycles. The van der Waals surface area contributed by atoms with Crippen LogP contribution in [-0.4, -0.2) is 42.0 Å². The molecule has 3 N–H and O–H groups in total. The van der Waals surface area contributed by atoms with Gasteiger partial charge in [-0.25, -0.2) is 0 Å². The van der Waals surface area contributed by atoms with Crippen molar-refractivity contribution in [3.05, 3.63) is 33.9 Å². The molecule has 8 nitrogen and oxygen atoms in total. The lowest BCUT2D eigenvalue weighted by atomic mass is 10.1. The zero-order valence-electron chi connectivity index (χ0n) is 10.2. The summed E-state index contributed by atoms with van der Waals surface area (Å²) in [5.41, 5.74) is 2.55. The molecule has 1 aliphatic rings. The molecule has 1 aromatic rings. The number of anilines is 1. The van der Waals surface area contributed by atoms with Gasteiger partial charge in [0.25, 0.3) is 11.6 Å². The predicted molar refractivity (Wildman–Crippen MR) is 67.6 cm³/mol. The minimum Gasteiger partial charge on any atom is -0.378 e. The van der Waals surface area contributed by atoms with Crippen LogP contribution >= 0.6 is 0 Å². The van der Waals surface area contributed by atoms with E-state index in [-0.39, 0.29) is 17.3 Å². The van der Waals surface area contributed by atoms with Gasteiger partial charge in [0.15, 0.2) is 0 Å². The first-order valence-electron chi connectivity index (χ1n) is 5.75. The number of rotatable bonds is 3. The first kappa shape index (κ1) is 13.2.